The Bertz CT molecular complexity index is 154. The van der Waals surface area contributed by atoms with Crippen LogP contribution in [0.1, 0.15) is 45.4 Å². The van der Waals surface area contributed by atoms with Gasteiger partial charge in [0.25, 0.3) is 0 Å². The zero-order valence-electron chi connectivity index (χ0n) is 7.75. The first-order valence-electron chi connectivity index (χ1n) is 4.95. The van der Waals surface area contributed by atoms with Crippen LogP contribution in [0.4, 0.5) is 0 Å². The fourth-order valence-electron chi connectivity index (χ4n) is 2.34. The Balaban J connectivity index is 2.26. The summed E-state index contributed by atoms with van der Waals surface area (Å²) in [6, 6.07) is 0. The summed E-state index contributed by atoms with van der Waals surface area (Å²) in [5, 5.41) is 8.53. The van der Waals surface area contributed by atoms with Crippen molar-refractivity contribution in [3.8, 4) is 0 Å². The Morgan fingerprint density at radius 3 is 2.67 bits per heavy atom. The molecule has 1 rings (SSSR count). The van der Waals surface area contributed by atoms with Gasteiger partial charge in [0.2, 0.25) is 0 Å². The highest BCUT2D eigenvalue weighted by atomic mass is 16.4. The van der Waals surface area contributed by atoms with Crippen molar-refractivity contribution in [2.75, 3.05) is 0 Å². The van der Waals surface area contributed by atoms with Gasteiger partial charge in [0, 0.05) is 6.42 Å². The molecule has 0 aliphatic heterocycles. The number of carbonyl (C=O) groups is 1. The van der Waals surface area contributed by atoms with Crippen LogP contribution in [0.25, 0.3) is 0 Å². The van der Waals surface area contributed by atoms with E-state index in [1.165, 1.54) is 25.7 Å². The molecule has 0 radical (unpaired) electrons. The zero-order chi connectivity index (χ0) is 8.97. The standard InChI is InChI=1S/C10H18O2/c1-2-8-4-3-5-9(8)6-7-10(11)12/h8-9H,2-7H2,1H3,(H,11,12). The number of carboxylic acids is 1. The van der Waals surface area contributed by atoms with Gasteiger partial charge in [-0.15, -0.1) is 0 Å². The quantitative estimate of drug-likeness (QED) is 0.704. The molecule has 0 bridgehead atoms. The van der Waals surface area contributed by atoms with Crippen molar-refractivity contribution in [3.63, 3.8) is 0 Å². The molecule has 2 heteroatoms. The molecule has 2 nitrogen and oxygen atoms in total. The van der Waals surface area contributed by atoms with Crippen LogP contribution in [0.5, 0.6) is 0 Å². The molecule has 70 valence electrons. The minimum absolute atomic E-state index is 0.362. The van der Waals surface area contributed by atoms with Crippen molar-refractivity contribution in [3.05, 3.63) is 0 Å². The average Bonchev–Trinajstić information content (AvgIpc) is 2.47. The van der Waals surface area contributed by atoms with E-state index in [1.54, 1.807) is 0 Å². The molecule has 2 unspecified atom stereocenters. The van der Waals surface area contributed by atoms with Gasteiger partial charge in [0.05, 0.1) is 0 Å². The summed E-state index contributed by atoms with van der Waals surface area (Å²) in [4.78, 5) is 10.4. The number of carboxylic acid groups (broad SMARTS) is 1. The van der Waals surface area contributed by atoms with Crippen molar-refractivity contribution < 1.29 is 9.90 Å². The molecule has 1 N–H and O–H groups in total. The van der Waals surface area contributed by atoms with E-state index in [-0.39, 0.29) is 0 Å². The summed E-state index contributed by atoms with van der Waals surface area (Å²) in [6.45, 7) is 2.21. The van der Waals surface area contributed by atoms with Crippen LogP contribution in [0, 0.1) is 11.8 Å². The second-order valence-corrected chi connectivity index (χ2v) is 3.79. The Kier molecular flexibility index (Phi) is 3.57. The maximum Gasteiger partial charge on any atom is 0.303 e. The molecule has 0 saturated heterocycles. The second-order valence-electron chi connectivity index (χ2n) is 3.79. The molecule has 0 heterocycles. The number of rotatable bonds is 4. The first-order valence-corrected chi connectivity index (χ1v) is 4.95. The van der Waals surface area contributed by atoms with Crippen molar-refractivity contribution in [1.29, 1.82) is 0 Å². The predicted octanol–water partition coefficient (Wildman–Crippen LogP) is 2.68. The first-order chi connectivity index (χ1) is 5.74. The highest BCUT2D eigenvalue weighted by molar-refractivity contribution is 5.66. The second kappa shape index (κ2) is 4.48. The van der Waals surface area contributed by atoms with Gasteiger partial charge in [0.1, 0.15) is 0 Å². The average molecular weight is 170 g/mol. The minimum atomic E-state index is -0.642. The fourth-order valence-corrected chi connectivity index (χ4v) is 2.34. The lowest BCUT2D eigenvalue weighted by molar-refractivity contribution is -0.137. The van der Waals surface area contributed by atoms with Crippen LogP contribution in [0.2, 0.25) is 0 Å². The third-order valence-corrected chi connectivity index (χ3v) is 3.07. The van der Waals surface area contributed by atoms with E-state index < -0.39 is 5.97 Å². The lowest BCUT2D eigenvalue weighted by Crippen LogP contribution is -2.09. The third kappa shape index (κ3) is 2.50. The van der Waals surface area contributed by atoms with Crippen LogP contribution in [-0.4, -0.2) is 11.1 Å². The lowest BCUT2D eigenvalue weighted by Gasteiger charge is -2.16. The SMILES string of the molecule is CCC1CCCC1CCC(=O)O. The van der Waals surface area contributed by atoms with E-state index >= 15 is 0 Å². The van der Waals surface area contributed by atoms with Gasteiger partial charge in [-0.25, -0.2) is 0 Å². The van der Waals surface area contributed by atoms with E-state index in [1.807, 2.05) is 0 Å². The molecule has 0 aromatic rings. The van der Waals surface area contributed by atoms with Crippen molar-refractivity contribution in [2.24, 2.45) is 11.8 Å². The van der Waals surface area contributed by atoms with Crippen LogP contribution >= 0.6 is 0 Å². The van der Waals surface area contributed by atoms with Gasteiger partial charge in [-0.1, -0.05) is 32.6 Å². The van der Waals surface area contributed by atoms with Gasteiger partial charge in [-0.2, -0.15) is 0 Å². The van der Waals surface area contributed by atoms with Crippen molar-refractivity contribution in [1.82, 2.24) is 0 Å². The Morgan fingerprint density at radius 2 is 2.08 bits per heavy atom. The molecule has 0 spiro atoms. The molecular formula is C10H18O2. The highest BCUT2D eigenvalue weighted by Crippen LogP contribution is 2.36. The first kappa shape index (κ1) is 9.56. The highest BCUT2D eigenvalue weighted by Gasteiger charge is 2.25. The van der Waals surface area contributed by atoms with Gasteiger partial charge in [0.15, 0.2) is 0 Å². The van der Waals surface area contributed by atoms with Gasteiger partial charge in [-0.3, -0.25) is 4.79 Å². The molecule has 1 fully saturated rings. The molecule has 2 atom stereocenters. The molecule has 1 aliphatic carbocycles. The number of hydrogen-bond acceptors (Lipinski definition) is 1. The summed E-state index contributed by atoms with van der Waals surface area (Å²) >= 11 is 0. The van der Waals surface area contributed by atoms with E-state index in [0.29, 0.717) is 12.3 Å². The van der Waals surface area contributed by atoms with Gasteiger partial charge < -0.3 is 5.11 Å². The van der Waals surface area contributed by atoms with E-state index in [0.717, 1.165) is 12.3 Å². The molecule has 0 aromatic carbocycles. The van der Waals surface area contributed by atoms with Crippen molar-refractivity contribution in [2.45, 2.75) is 45.4 Å². The number of aliphatic carboxylic acids is 1. The topological polar surface area (TPSA) is 37.3 Å². The predicted molar refractivity (Wildman–Crippen MR) is 48.0 cm³/mol. The molecule has 0 aromatic heterocycles. The van der Waals surface area contributed by atoms with Gasteiger partial charge in [-0.05, 0) is 18.3 Å². The summed E-state index contributed by atoms with van der Waals surface area (Å²) in [5.74, 6) is 0.868. The van der Waals surface area contributed by atoms with E-state index in [4.69, 9.17) is 5.11 Å². The maximum absolute atomic E-state index is 10.4. The molecule has 0 amide bonds. The van der Waals surface area contributed by atoms with Crippen molar-refractivity contribution >= 4 is 5.97 Å². The Morgan fingerprint density at radius 1 is 1.42 bits per heavy atom. The van der Waals surface area contributed by atoms with Crippen LogP contribution in [0.15, 0.2) is 0 Å². The molecule has 1 aliphatic rings. The monoisotopic (exact) mass is 170 g/mol. The molecular weight excluding hydrogens is 152 g/mol. The Hall–Kier alpha value is -0.530. The minimum Gasteiger partial charge on any atom is -0.481 e. The van der Waals surface area contributed by atoms with E-state index in [2.05, 4.69) is 6.92 Å². The Labute approximate surface area is 74.0 Å². The van der Waals surface area contributed by atoms with Crippen LogP contribution in [-0.2, 0) is 4.79 Å². The summed E-state index contributed by atoms with van der Waals surface area (Å²) in [6.07, 6.45) is 6.37. The zero-order valence-corrected chi connectivity index (χ0v) is 7.75. The third-order valence-electron chi connectivity index (χ3n) is 3.07. The normalized spacial score (nSPS) is 29.1. The summed E-state index contributed by atoms with van der Waals surface area (Å²) in [5.41, 5.74) is 0. The van der Waals surface area contributed by atoms with Gasteiger partial charge >= 0.3 is 5.97 Å². The lowest BCUT2D eigenvalue weighted by atomic mass is 9.90. The number of hydrogen-bond donors (Lipinski definition) is 1. The molecule has 12 heavy (non-hydrogen) atoms. The van der Waals surface area contributed by atoms with E-state index in [9.17, 15) is 4.79 Å². The summed E-state index contributed by atoms with van der Waals surface area (Å²) < 4.78 is 0. The van der Waals surface area contributed by atoms with Crippen LogP contribution in [0.3, 0.4) is 0 Å². The largest absolute Gasteiger partial charge is 0.481 e. The fraction of sp³-hybridized carbons (Fsp3) is 0.900. The molecule has 1 saturated carbocycles. The maximum atomic E-state index is 10.4. The van der Waals surface area contributed by atoms with Crippen LogP contribution < -0.4 is 0 Å². The smallest absolute Gasteiger partial charge is 0.303 e. The summed E-state index contributed by atoms with van der Waals surface area (Å²) in [7, 11) is 0.